The van der Waals surface area contributed by atoms with Crippen molar-refractivity contribution in [2.45, 2.75) is 19.4 Å². The van der Waals surface area contributed by atoms with Gasteiger partial charge in [0, 0.05) is 0 Å². The molecule has 2 N–H and O–H groups in total. The Bertz CT molecular complexity index is 417. The molecule has 92 valence electrons. The van der Waals surface area contributed by atoms with Gasteiger partial charge >= 0.3 is 5.97 Å². The Morgan fingerprint density at radius 2 is 2.29 bits per heavy atom. The molecule has 1 aromatic rings. The fourth-order valence-corrected chi connectivity index (χ4v) is 1.65. The van der Waals surface area contributed by atoms with Crippen LogP contribution in [0.15, 0.2) is 18.2 Å². The summed E-state index contributed by atoms with van der Waals surface area (Å²) in [6.07, 6.45) is 0.359. The zero-order valence-electron chi connectivity index (χ0n) is 9.77. The molecule has 1 atom stereocenters. The molecule has 17 heavy (non-hydrogen) atoms. The van der Waals surface area contributed by atoms with Crippen LogP contribution in [0.25, 0.3) is 0 Å². The lowest BCUT2D eigenvalue weighted by Crippen LogP contribution is -2.22. The molecule has 0 aliphatic rings. The molecule has 1 rings (SSSR count). The number of carboxylic acids is 1. The van der Waals surface area contributed by atoms with Crippen molar-refractivity contribution in [3.63, 3.8) is 0 Å². The lowest BCUT2D eigenvalue weighted by molar-refractivity contribution is -0.137. The number of amides is 1. The topological polar surface area (TPSA) is 75.6 Å². The largest absolute Gasteiger partial charge is 0.496 e. The average Bonchev–Trinajstić information content (AvgIpc) is 2.28. The zero-order valence-corrected chi connectivity index (χ0v) is 9.77. The monoisotopic (exact) mass is 237 g/mol. The maximum atomic E-state index is 10.7. The first kappa shape index (κ1) is 13.0. The molecule has 5 nitrogen and oxygen atoms in total. The molecule has 0 aromatic heterocycles. The van der Waals surface area contributed by atoms with Gasteiger partial charge in [-0.15, -0.1) is 0 Å². The molecule has 0 spiro atoms. The van der Waals surface area contributed by atoms with Gasteiger partial charge in [-0.05, 0) is 24.1 Å². The minimum atomic E-state index is -0.960. The third-order valence-electron chi connectivity index (χ3n) is 2.47. The van der Waals surface area contributed by atoms with Gasteiger partial charge in [-0.25, -0.2) is 0 Å². The first-order valence-corrected chi connectivity index (χ1v) is 5.14. The summed E-state index contributed by atoms with van der Waals surface area (Å²) in [4.78, 5) is 21.1. The van der Waals surface area contributed by atoms with Crippen LogP contribution in [0.2, 0.25) is 0 Å². The number of carbonyl (C=O) groups is 2. The van der Waals surface area contributed by atoms with E-state index in [-0.39, 0.29) is 6.42 Å². The molecule has 0 unspecified atom stereocenters. The molecule has 1 amide bonds. The van der Waals surface area contributed by atoms with Gasteiger partial charge in [0.05, 0.1) is 19.6 Å². The summed E-state index contributed by atoms with van der Waals surface area (Å²) >= 11 is 0. The number of benzene rings is 1. The molecular weight excluding hydrogens is 222 g/mol. The normalized spacial score (nSPS) is 11.6. The van der Waals surface area contributed by atoms with Gasteiger partial charge in [0.25, 0.3) is 0 Å². The number of hydrogen-bond donors (Lipinski definition) is 2. The van der Waals surface area contributed by atoms with E-state index in [0.29, 0.717) is 6.41 Å². The van der Waals surface area contributed by atoms with E-state index in [1.807, 2.05) is 13.0 Å². The number of methoxy groups -OCH3 is 1. The van der Waals surface area contributed by atoms with Crippen LogP contribution in [0.1, 0.15) is 23.6 Å². The molecular formula is C12H15NO4. The molecule has 5 heteroatoms. The van der Waals surface area contributed by atoms with Crippen molar-refractivity contribution < 1.29 is 19.4 Å². The molecule has 0 aliphatic carbocycles. The number of carbonyl (C=O) groups excluding carboxylic acids is 1. The lowest BCUT2D eigenvalue weighted by Gasteiger charge is -2.16. The summed E-state index contributed by atoms with van der Waals surface area (Å²) in [7, 11) is 1.57. The first-order chi connectivity index (χ1) is 8.08. The van der Waals surface area contributed by atoms with E-state index in [0.717, 1.165) is 16.9 Å². The number of carboxylic acid groups (broad SMARTS) is 1. The second-order valence-electron chi connectivity index (χ2n) is 3.66. The van der Waals surface area contributed by atoms with Gasteiger partial charge in [0.2, 0.25) is 6.41 Å². The lowest BCUT2D eigenvalue weighted by atomic mass is 10.0. The van der Waals surface area contributed by atoms with Crippen molar-refractivity contribution in [2.24, 2.45) is 0 Å². The summed E-state index contributed by atoms with van der Waals surface area (Å²) in [6.45, 7) is 1.86. The van der Waals surface area contributed by atoms with Crippen LogP contribution >= 0.6 is 0 Å². The molecule has 0 heterocycles. The van der Waals surface area contributed by atoms with E-state index in [2.05, 4.69) is 5.32 Å². The highest BCUT2D eigenvalue weighted by Gasteiger charge is 2.15. The molecule has 0 fully saturated rings. The van der Waals surface area contributed by atoms with E-state index in [9.17, 15) is 9.59 Å². The number of rotatable bonds is 6. The highest BCUT2D eigenvalue weighted by molar-refractivity contribution is 5.68. The van der Waals surface area contributed by atoms with Crippen molar-refractivity contribution >= 4 is 12.4 Å². The quantitative estimate of drug-likeness (QED) is 0.730. The number of nitrogens with one attached hydrogen (secondary N) is 1. The van der Waals surface area contributed by atoms with Crippen molar-refractivity contribution in [1.29, 1.82) is 0 Å². The molecule has 1 aromatic carbocycles. The van der Waals surface area contributed by atoms with Crippen LogP contribution < -0.4 is 10.1 Å². The third-order valence-corrected chi connectivity index (χ3v) is 2.47. The Morgan fingerprint density at radius 1 is 1.59 bits per heavy atom. The Kier molecular flexibility index (Phi) is 4.51. The van der Waals surface area contributed by atoms with E-state index in [1.54, 1.807) is 19.2 Å². The standard InChI is InChI=1S/C12H15NO4/c1-8-5-9(3-4-11(8)17-2)10(13-7-14)6-12(15)16/h3-5,7,10H,6H2,1-2H3,(H,13,14)(H,15,16)/t10-/m0/s1. The summed E-state index contributed by atoms with van der Waals surface area (Å²) in [5.41, 5.74) is 1.64. The Hall–Kier alpha value is -2.04. The maximum absolute atomic E-state index is 10.7. The summed E-state index contributed by atoms with van der Waals surface area (Å²) in [6, 6.07) is 4.79. The van der Waals surface area contributed by atoms with E-state index in [1.165, 1.54) is 0 Å². The van der Waals surface area contributed by atoms with Gasteiger partial charge in [0.15, 0.2) is 0 Å². The van der Waals surface area contributed by atoms with Gasteiger partial charge in [-0.1, -0.05) is 12.1 Å². The number of ether oxygens (including phenoxy) is 1. The number of aliphatic carboxylic acids is 1. The van der Waals surface area contributed by atoms with Gasteiger partial charge in [-0.3, -0.25) is 9.59 Å². The van der Waals surface area contributed by atoms with Gasteiger partial charge in [0.1, 0.15) is 5.75 Å². The SMILES string of the molecule is COc1ccc([C@H](CC(=O)O)NC=O)cc1C. The Labute approximate surface area is 99.4 Å². The van der Waals surface area contributed by atoms with Crippen LogP contribution in [-0.4, -0.2) is 24.6 Å². The van der Waals surface area contributed by atoms with Crippen molar-refractivity contribution in [1.82, 2.24) is 5.32 Å². The Morgan fingerprint density at radius 3 is 2.76 bits per heavy atom. The highest BCUT2D eigenvalue weighted by Crippen LogP contribution is 2.24. The van der Waals surface area contributed by atoms with Crippen LogP contribution in [0.4, 0.5) is 0 Å². The molecule has 0 radical (unpaired) electrons. The van der Waals surface area contributed by atoms with Crippen LogP contribution in [0.5, 0.6) is 5.75 Å². The van der Waals surface area contributed by atoms with Crippen LogP contribution in [-0.2, 0) is 9.59 Å². The molecule has 0 saturated heterocycles. The van der Waals surface area contributed by atoms with Gasteiger partial charge in [-0.2, -0.15) is 0 Å². The second kappa shape index (κ2) is 5.89. The number of aryl methyl sites for hydroxylation is 1. The molecule has 0 saturated carbocycles. The van der Waals surface area contributed by atoms with E-state index < -0.39 is 12.0 Å². The maximum Gasteiger partial charge on any atom is 0.305 e. The summed E-state index contributed by atoms with van der Waals surface area (Å²) in [5.74, 6) is -0.230. The minimum Gasteiger partial charge on any atom is -0.496 e. The highest BCUT2D eigenvalue weighted by atomic mass is 16.5. The summed E-state index contributed by atoms with van der Waals surface area (Å²) in [5, 5.41) is 11.3. The number of hydrogen-bond acceptors (Lipinski definition) is 3. The molecule has 0 bridgehead atoms. The zero-order chi connectivity index (χ0) is 12.8. The fraction of sp³-hybridized carbons (Fsp3) is 0.333. The fourth-order valence-electron chi connectivity index (χ4n) is 1.65. The smallest absolute Gasteiger partial charge is 0.305 e. The predicted molar refractivity (Wildman–Crippen MR) is 61.9 cm³/mol. The first-order valence-electron chi connectivity index (χ1n) is 5.14. The van der Waals surface area contributed by atoms with E-state index >= 15 is 0 Å². The third kappa shape index (κ3) is 3.48. The second-order valence-corrected chi connectivity index (χ2v) is 3.66. The Balaban J connectivity index is 2.97. The van der Waals surface area contributed by atoms with Crippen molar-refractivity contribution in [3.8, 4) is 5.75 Å². The average molecular weight is 237 g/mol. The molecule has 0 aliphatic heterocycles. The minimum absolute atomic E-state index is 0.148. The van der Waals surface area contributed by atoms with E-state index in [4.69, 9.17) is 9.84 Å². The van der Waals surface area contributed by atoms with Gasteiger partial charge < -0.3 is 15.2 Å². The predicted octanol–water partition coefficient (Wildman–Crippen LogP) is 1.27. The van der Waals surface area contributed by atoms with Crippen LogP contribution in [0.3, 0.4) is 0 Å². The van der Waals surface area contributed by atoms with Crippen molar-refractivity contribution in [3.05, 3.63) is 29.3 Å². The summed E-state index contributed by atoms with van der Waals surface area (Å²) < 4.78 is 5.11. The van der Waals surface area contributed by atoms with Crippen LogP contribution in [0, 0.1) is 6.92 Å². The van der Waals surface area contributed by atoms with Crippen molar-refractivity contribution in [2.75, 3.05) is 7.11 Å².